The minimum absolute atomic E-state index is 0.0764. The van der Waals surface area contributed by atoms with Crippen molar-refractivity contribution in [1.29, 1.82) is 0 Å². The largest absolute Gasteiger partial charge is 0.418 e. The van der Waals surface area contributed by atoms with Crippen LogP contribution in [0.5, 0.6) is 0 Å². The van der Waals surface area contributed by atoms with Gasteiger partial charge in [0.15, 0.2) is 0 Å². The Morgan fingerprint density at radius 2 is 1.82 bits per heavy atom. The maximum absolute atomic E-state index is 13.2. The van der Waals surface area contributed by atoms with Crippen LogP contribution in [0.4, 0.5) is 18.9 Å². The van der Waals surface area contributed by atoms with Crippen molar-refractivity contribution < 1.29 is 17.9 Å². The fourth-order valence-corrected chi connectivity index (χ4v) is 2.24. The molecule has 5 heteroatoms. The molecule has 1 unspecified atom stereocenters. The first-order chi connectivity index (χ1) is 10.4. The van der Waals surface area contributed by atoms with E-state index < -0.39 is 11.7 Å². The Kier molecular flexibility index (Phi) is 3.74. The molecular weight excluding hydrogens is 291 g/mol. The summed E-state index contributed by atoms with van der Waals surface area (Å²) in [5.41, 5.74) is 1.07. The first kappa shape index (κ1) is 14.8. The molecule has 0 spiro atoms. The first-order valence-corrected chi connectivity index (χ1v) is 6.88. The number of aliphatic imine (C=N–C) groups is 1. The summed E-state index contributed by atoms with van der Waals surface area (Å²) in [5, 5.41) is 0. The Labute approximate surface area is 126 Å². The van der Waals surface area contributed by atoms with Crippen molar-refractivity contribution in [3.8, 4) is 0 Å². The van der Waals surface area contributed by atoms with Crippen molar-refractivity contribution in [2.75, 3.05) is 6.61 Å². The van der Waals surface area contributed by atoms with E-state index in [1.807, 2.05) is 30.3 Å². The molecule has 22 heavy (non-hydrogen) atoms. The van der Waals surface area contributed by atoms with E-state index in [9.17, 15) is 13.2 Å². The summed E-state index contributed by atoms with van der Waals surface area (Å²) in [4.78, 5) is 4.27. The van der Waals surface area contributed by atoms with Gasteiger partial charge in [-0.2, -0.15) is 13.2 Å². The van der Waals surface area contributed by atoms with Crippen molar-refractivity contribution in [2.24, 2.45) is 4.99 Å². The smallest absolute Gasteiger partial charge is 0.366 e. The van der Waals surface area contributed by atoms with Crippen LogP contribution >= 0.6 is 0 Å². The molecule has 2 aromatic rings. The number of halogens is 3. The number of rotatable bonds is 3. The Balaban J connectivity index is 2.10. The van der Waals surface area contributed by atoms with Gasteiger partial charge in [0.1, 0.15) is 6.10 Å². The number of aryl methyl sites for hydroxylation is 1. The lowest BCUT2D eigenvalue weighted by atomic mass is 10.1. The molecule has 0 bridgehead atoms. The quantitative estimate of drug-likeness (QED) is 0.604. The maximum atomic E-state index is 13.2. The monoisotopic (exact) mass is 305 g/mol. The van der Waals surface area contributed by atoms with E-state index >= 15 is 0 Å². The van der Waals surface area contributed by atoms with Crippen molar-refractivity contribution in [1.82, 2.24) is 0 Å². The van der Waals surface area contributed by atoms with Gasteiger partial charge in [0, 0.05) is 0 Å². The highest BCUT2D eigenvalue weighted by atomic mass is 19.4. The Morgan fingerprint density at radius 1 is 1.14 bits per heavy atom. The highest BCUT2D eigenvalue weighted by molar-refractivity contribution is 6.06. The average molecular weight is 305 g/mol. The van der Waals surface area contributed by atoms with Gasteiger partial charge in [0.25, 0.3) is 0 Å². The number of hydrogen-bond donors (Lipinski definition) is 0. The molecule has 1 atom stereocenters. The number of alkyl halides is 3. The van der Waals surface area contributed by atoms with Crippen molar-refractivity contribution in [2.45, 2.75) is 19.2 Å². The van der Waals surface area contributed by atoms with E-state index in [4.69, 9.17) is 4.74 Å². The van der Waals surface area contributed by atoms with Crippen LogP contribution in [-0.2, 0) is 10.9 Å². The van der Waals surface area contributed by atoms with E-state index in [1.165, 1.54) is 6.07 Å². The highest BCUT2D eigenvalue weighted by Crippen LogP contribution is 2.37. The number of ether oxygens (including phenoxy) is 1. The lowest BCUT2D eigenvalue weighted by Crippen LogP contribution is -2.10. The van der Waals surface area contributed by atoms with E-state index in [2.05, 4.69) is 4.99 Å². The van der Waals surface area contributed by atoms with Gasteiger partial charge in [-0.25, -0.2) is 4.99 Å². The van der Waals surface area contributed by atoms with Crippen LogP contribution in [0.15, 0.2) is 53.5 Å². The van der Waals surface area contributed by atoms with Gasteiger partial charge in [-0.3, -0.25) is 0 Å². The number of nitrogens with zero attached hydrogens (tertiary/aromatic N) is 1. The van der Waals surface area contributed by atoms with Crippen molar-refractivity contribution in [3.63, 3.8) is 0 Å². The molecule has 0 aliphatic carbocycles. The van der Waals surface area contributed by atoms with Crippen LogP contribution in [0, 0.1) is 6.92 Å². The van der Waals surface area contributed by atoms with Crippen molar-refractivity contribution >= 4 is 11.4 Å². The van der Waals surface area contributed by atoms with Crippen LogP contribution < -0.4 is 0 Å². The summed E-state index contributed by atoms with van der Waals surface area (Å²) in [6, 6.07) is 13.3. The summed E-state index contributed by atoms with van der Waals surface area (Å²) in [5.74, 6) is 0. The van der Waals surface area contributed by atoms with Crippen LogP contribution in [-0.4, -0.2) is 18.4 Å². The molecule has 0 N–H and O–H groups in total. The topological polar surface area (TPSA) is 24.9 Å². The standard InChI is InChI=1S/C17H14F3NO/c1-11-7-8-14(13(9-11)17(18,19)20)21-16(15-10-22-15)12-5-3-2-4-6-12/h2-9,15H,10H2,1H3. The SMILES string of the molecule is Cc1ccc(N=C(c2ccccc2)C2CO2)c(C(F)(F)F)c1. The van der Waals surface area contributed by atoms with Crippen LogP contribution in [0.25, 0.3) is 0 Å². The van der Waals surface area contributed by atoms with Crippen LogP contribution in [0.3, 0.4) is 0 Å². The molecule has 0 saturated carbocycles. The second kappa shape index (κ2) is 5.57. The second-order valence-corrected chi connectivity index (χ2v) is 5.20. The van der Waals surface area contributed by atoms with Gasteiger partial charge >= 0.3 is 6.18 Å². The fraction of sp³-hybridized carbons (Fsp3) is 0.235. The van der Waals surface area contributed by atoms with Gasteiger partial charge in [-0.15, -0.1) is 0 Å². The highest BCUT2D eigenvalue weighted by Gasteiger charge is 2.35. The molecule has 0 radical (unpaired) electrons. The molecular formula is C17H14F3NO. The predicted octanol–water partition coefficient (Wildman–Crippen LogP) is 4.53. The van der Waals surface area contributed by atoms with Crippen LogP contribution in [0.1, 0.15) is 16.7 Å². The average Bonchev–Trinajstić information content (AvgIpc) is 3.30. The minimum atomic E-state index is -4.43. The molecule has 1 saturated heterocycles. The van der Waals surface area contributed by atoms with Crippen molar-refractivity contribution in [3.05, 3.63) is 65.2 Å². The third kappa shape index (κ3) is 3.20. The van der Waals surface area contributed by atoms with Gasteiger partial charge in [-0.05, 0) is 24.6 Å². The third-order valence-corrected chi connectivity index (χ3v) is 3.41. The molecule has 2 aromatic carbocycles. The van der Waals surface area contributed by atoms with Gasteiger partial charge in [0.05, 0.1) is 23.6 Å². The molecule has 1 fully saturated rings. The molecule has 0 aromatic heterocycles. The Hall–Kier alpha value is -2.14. The summed E-state index contributed by atoms with van der Waals surface area (Å²) < 4.78 is 44.8. The molecule has 1 aliphatic heterocycles. The fourth-order valence-electron chi connectivity index (χ4n) is 2.24. The van der Waals surface area contributed by atoms with E-state index in [0.717, 1.165) is 11.6 Å². The Bertz CT molecular complexity index is 704. The first-order valence-electron chi connectivity index (χ1n) is 6.88. The zero-order valence-corrected chi connectivity index (χ0v) is 11.9. The summed E-state index contributed by atoms with van der Waals surface area (Å²) in [7, 11) is 0. The zero-order chi connectivity index (χ0) is 15.7. The van der Waals surface area contributed by atoms with Gasteiger partial charge < -0.3 is 4.74 Å². The molecule has 2 nitrogen and oxygen atoms in total. The summed E-state index contributed by atoms with van der Waals surface area (Å²) >= 11 is 0. The number of hydrogen-bond acceptors (Lipinski definition) is 2. The molecule has 3 rings (SSSR count). The van der Waals surface area contributed by atoms with E-state index in [-0.39, 0.29) is 11.8 Å². The number of benzene rings is 2. The van der Waals surface area contributed by atoms with Gasteiger partial charge in [0.2, 0.25) is 0 Å². The molecule has 0 amide bonds. The molecule has 1 aliphatic rings. The zero-order valence-electron chi connectivity index (χ0n) is 11.9. The third-order valence-electron chi connectivity index (χ3n) is 3.41. The maximum Gasteiger partial charge on any atom is 0.418 e. The minimum Gasteiger partial charge on any atom is -0.366 e. The number of epoxide rings is 1. The van der Waals surface area contributed by atoms with Crippen LogP contribution in [0.2, 0.25) is 0 Å². The molecule has 1 heterocycles. The van der Waals surface area contributed by atoms with Gasteiger partial charge in [-0.1, -0.05) is 42.0 Å². The predicted molar refractivity (Wildman–Crippen MR) is 78.6 cm³/mol. The lowest BCUT2D eigenvalue weighted by molar-refractivity contribution is -0.137. The lowest BCUT2D eigenvalue weighted by Gasteiger charge is -2.12. The Morgan fingerprint density at radius 3 is 2.41 bits per heavy atom. The summed E-state index contributed by atoms with van der Waals surface area (Å²) in [6.07, 6.45) is -4.67. The normalized spacial score (nSPS) is 18.4. The van der Waals surface area contributed by atoms with E-state index in [0.29, 0.717) is 17.9 Å². The second-order valence-electron chi connectivity index (χ2n) is 5.20. The van der Waals surface area contributed by atoms with E-state index in [1.54, 1.807) is 13.0 Å². The summed E-state index contributed by atoms with van der Waals surface area (Å²) in [6.45, 7) is 2.12. The molecule has 114 valence electrons.